The Kier molecular flexibility index (Phi) is 5.56. The lowest BCUT2D eigenvalue weighted by Crippen LogP contribution is -2.09. The van der Waals surface area contributed by atoms with Gasteiger partial charge in [-0.1, -0.05) is 17.8 Å². The van der Waals surface area contributed by atoms with Gasteiger partial charge in [-0.2, -0.15) is 0 Å². The molecule has 3 aromatic rings. The van der Waals surface area contributed by atoms with Crippen LogP contribution in [0.3, 0.4) is 0 Å². The summed E-state index contributed by atoms with van der Waals surface area (Å²) < 4.78 is 7.31. The largest absolute Gasteiger partial charge is 0.459 e. The molecular weight excluding hydrogens is 348 g/mol. The minimum atomic E-state index is -0.244. The molecule has 0 fully saturated rings. The molecule has 0 aliphatic heterocycles. The lowest BCUT2D eigenvalue weighted by molar-refractivity contribution is -0.145. The third-order valence-corrected chi connectivity index (χ3v) is 4.74. The molecule has 0 atom stereocenters. The van der Waals surface area contributed by atoms with Gasteiger partial charge in [0.15, 0.2) is 5.16 Å². The number of imidazole rings is 1. The molecule has 0 bridgehead atoms. The van der Waals surface area contributed by atoms with Crippen LogP contribution in [0.5, 0.6) is 0 Å². The average molecular weight is 370 g/mol. The standard InChI is InChI=1S/C19H22N4O2S/c1-12-5-7-17-22-15(10-23(17)9-12)11-25-18(24)8-6-16-13(2)20-19(26-4)21-14(16)3/h5,7,9-10H,6,8,11H2,1-4H3. The smallest absolute Gasteiger partial charge is 0.306 e. The topological polar surface area (TPSA) is 69.4 Å². The summed E-state index contributed by atoms with van der Waals surface area (Å²) in [5, 5.41) is 0.758. The van der Waals surface area contributed by atoms with E-state index in [0.29, 0.717) is 12.8 Å². The SMILES string of the molecule is CSc1nc(C)c(CCC(=O)OCc2cn3cc(C)ccc3n2)c(C)n1. The minimum absolute atomic E-state index is 0.180. The second kappa shape index (κ2) is 7.86. The number of pyridine rings is 1. The van der Waals surface area contributed by atoms with Gasteiger partial charge in [-0.3, -0.25) is 4.79 Å². The Hall–Kier alpha value is -2.41. The molecule has 0 N–H and O–H groups in total. The fourth-order valence-electron chi connectivity index (χ4n) is 2.84. The van der Waals surface area contributed by atoms with E-state index < -0.39 is 0 Å². The number of carbonyl (C=O) groups is 1. The van der Waals surface area contributed by atoms with Crippen molar-refractivity contribution in [3.63, 3.8) is 0 Å². The highest BCUT2D eigenvalue weighted by Gasteiger charge is 2.12. The van der Waals surface area contributed by atoms with Crippen LogP contribution in [0.4, 0.5) is 0 Å². The number of rotatable bonds is 6. The van der Waals surface area contributed by atoms with Crippen LogP contribution < -0.4 is 0 Å². The molecule has 136 valence electrons. The first-order valence-corrected chi connectivity index (χ1v) is 9.66. The van der Waals surface area contributed by atoms with Crippen LogP contribution in [-0.4, -0.2) is 31.6 Å². The number of thioether (sulfide) groups is 1. The Bertz CT molecular complexity index is 929. The Labute approximate surface area is 157 Å². The number of aromatic nitrogens is 4. The van der Waals surface area contributed by atoms with Gasteiger partial charge in [0.25, 0.3) is 0 Å². The molecule has 3 aromatic heterocycles. The number of carbonyl (C=O) groups excluding carboxylic acids is 1. The lowest BCUT2D eigenvalue weighted by Gasteiger charge is -2.09. The summed E-state index contributed by atoms with van der Waals surface area (Å²) in [4.78, 5) is 25.4. The Balaban J connectivity index is 1.57. The molecule has 3 rings (SSSR count). The molecule has 3 heterocycles. The third-order valence-electron chi connectivity index (χ3n) is 4.19. The molecule has 26 heavy (non-hydrogen) atoms. The van der Waals surface area contributed by atoms with E-state index in [1.54, 1.807) is 0 Å². The number of hydrogen-bond acceptors (Lipinski definition) is 6. The van der Waals surface area contributed by atoms with Crippen molar-refractivity contribution in [1.82, 2.24) is 19.4 Å². The maximum Gasteiger partial charge on any atom is 0.306 e. The van der Waals surface area contributed by atoms with E-state index >= 15 is 0 Å². The molecule has 0 amide bonds. The van der Waals surface area contributed by atoms with Crippen LogP contribution in [0.15, 0.2) is 29.7 Å². The van der Waals surface area contributed by atoms with E-state index in [4.69, 9.17) is 4.74 Å². The summed E-state index contributed by atoms with van der Waals surface area (Å²) in [6.07, 6.45) is 6.72. The van der Waals surface area contributed by atoms with Crippen LogP contribution >= 0.6 is 11.8 Å². The van der Waals surface area contributed by atoms with Crippen molar-refractivity contribution in [1.29, 1.82) is 0 Å². The normalized spacial score (nSPS) is 11.1. The number of hydrogen-bond donors (Lipinski definition) is 0. The molecular formula is C19H22N4O2S. The van der Waals surface area contributed by atoms with E-state index in [-0.39, 0.29) is 12.6 Å². The van der Waals surface area contributed by atoms with E-state index in [9.17, 15) is 4.79 Å². The Morgan fingerprint density at radius 1 is 1.12 bits per heavy atom. The first-order chi connectivity index (χ1) is 12.5. The molecule has 0 saturated heterocycles. The second-order valence-electron chi connectivity index (χ2n) is 6.22. The minimum Gasteiger partial charge on any atom is -0.459 e. The predicted molar refractivity (Wildman–Crippen MR) is 101 cm³/mol. The number of esters is 1. The second-order valence-corrected chi connectivity index (χ2v) is 7.00. The van der Waals surface area contributed by atoms with Crippen LogP contribution in [0.25, 0.3) is 5.65 Å². The third kappa shape index (κ3) is 4.22. The molecule has 0 aromatic carbocycles. The van der Waals surface area contributed by atoms with Crippen LogP contribution in [0.1, 0.15) is 34.6 Å². The molecule has 0 saturated carbocycles. The van der Waals surface area contributed by atoms with E-state index in [1.807, 2.05) is 56.0 Å². The summed E-state index contributed by atoms with van der Waals surface area (Å²) in [5.74, 6) is -0.244. The van der Waals surface area contributed by atoms with Crippen molar-refractivity contribution >= 4 is 23.4 Å². The van der Waals surface area contributed by atoms with E-state index in [0.717, 1.165) is 39.0 Å². The predicted octanol–water partition coefficient (Wildman–Crippen LogP) is 3.45. The van der Waals surface area contributed by atoms with Crippen LogP contribution in [0.2, 0.25) is 0 Å². The summed E-state index contributed by atoms with van der Waals surface area (Å²) in [6, 6.07) is 3.96. The van der Waals surface area contributed by atoms with Crippen molar-refractivity contribution in [2.45, 2.75) is 45.4 Å². The highest BCUT2D eigenvalue weighted by molar-refractivity contribution is 7.98. The summed E-state index contributed by atoms with van der Waals surface area (Å²) in [5.41, 5.74) is 5.60. The van der Waals surface area contributed by atoms with E-state index in [1.165, 1.54) is 11.8 Å². The molecule has 0 aliphatic carbocycles. The van der Waals surface area contributed by atoms with Gasteiger partial charge in [0, 0.05) is 30.2 Å². The van der Waals surface area contributed by atoms with Gasteiger partial charge in [-0.05, 0) is 50.6 Å². The highest BCUT2D eigenvalue weighted by atomic mass is 32.2. The van der Waals surface area contributed by atoms with E-state index in [2.05, 4.69) is 15.0 Å². The highest BCUT2D eigenvalue weighted by Crippen LogP contribution is 2.17. The zero-order valence-corrected chi connectivity index (χ0v) is 16.3. The van der Waals surface area contributed by atoms with Crippen molar-refractivity contribution in [2.24, 2.45) is 0 Å². The van der Waals surface area contributed by atoms with Crippen LogP contribution in [0, 0.1) is 20.8 Å². The van der Waals surface area contributed by atoms with Crippen molar-refractivity contribution in [2.75, 3.05) is 6.26 Å². The maximum absolute atomic E-state index is 12.1. The maximum atomic E-state index is 12.1. The van der Waals surface area contributed by atoms with Crippen LogP contribution in [-0.2, 0) is 22.6 Å². The molecule has 6 nitrogen and oxygen atoms in total. The molecule has 7 heteroatoms. The van der Waals surface area contributed by atoms with Gasteiger partial charge in [0.05, 0.1) is 5.69 Å². The first kappa shape index (κ1) is 18.4. The van der Waals surface area contributed by atoms with Gasteiger partial charge < -0.3 is 9.14 Å². The van der Waals surface area contributed by atoms with Gasteiger partial charge in [-0.15, -0.1) is 0 Å². The van der Waals surface area contributed by atoms with Crippen molar-refractivity contribution in [3.8, 4) is 0 Å². The summed E-state index contributed by atoms with van der Waals surface area (Å²) in [7, 11) is 0. The quantitative estimate of drug-likeness (QED) is 0.376. The van der Waals surface area contributed by atoms with Crippen molar-refractivity contribution in [3.05, 3.63) is 52.7 Å². The number of aryl methyl sites for hydroxylation is 3. The summed E-state index contributed by atoms with van der Waals surface area (Å²) in [6.45, 7) is 6.11. The fourth-order valence-corrected chi connectivity index (χ4v) is 3.30. The number of fused-ring (bicyclic) bond motifs is 1. The zero-order chi connectivity index (χ0) is 18.7. The Morgan fingerprint density at radius 2 is 1.85 bits per heavy atom. The first-order valence-electron chi connectivity index (χ1n) is 8.44. The Morgan fingerprint density at radius 3 is 2.54 bits per heavy atom. The van der Waals surface area contributed by atoms with Gasteiger partial charge in [0.2, 0.25) is 0 Å². The fraction of sp³-hybridized carbons (Fsp3) is 0.368. The molecule has 0 unspecified atom stereocenters. The van der Waals surface area contributed by atoms with Crippen molar-refractivity contribution < 1.29 is 9.53 Å². The van der Waals surface area contributed by atoms with Gasteiger partial charge in [-0.25, -0.2) is 15.0 Å². The molecule has 0 radical (unpaired) electrons. The number of nitrogens with zero attached hydrogens (tertiary/aromatic N) is 4. The molecule has 0 aliphatic rings. The van der Waals surface area contributed by atoms with Gasteiger partial charge in [0.1, 0.15) is 12.3 Å². The average Bonchev–Trinajstić information content (AvgIpc) is 3.01. The van der Waals surface area contributed by atoms with Gasteiger partial charge >= 0.3 is 5.97 Å². The molecule has 0 spiro atoms. The summed E-state index contributed by atoms with van der Waals surface area (Å²) >= 11 is 1.52. The lowest BCUT2D eigenvalue weighted by atomic mass is 10.1. The monoisotopic (exact) mass is 370 g/mol. The number of ether oxygens (including phenoxy) is 1. The zero-order valence-electron chi connectivity index (χ0n) is 15.4.